The first-order chi connectivity index (χ1) is 15.1. The van der Waals surface area contributed by atoms with Crippen LogP contribution in [-0.2, 0) is 20.9 Å². The molecule has 31 heavy (non-hydrogen) atoms. The fraction of sp³-hybridized carbons (Fsp3) is 0.154. The monoisotopic (exact) mass is 415 g/mol. The second-order valence-electron chi connectivity index (χ2n) is 6.92. The second-order valence-corrected chi connectivity index (χ2v) is 6.92. The molecule has 0 bridgehead atoms. The van der Waals surface area contributed by atoms with Crippen molar-refractivity contribution in [3.63, 3.8) is 0 Å². The van der Waals surface area contributed by atoms with E-state index in [9.17, 15) is 9.59 Å². The van der Waals surface area contributed by atoms with E-state index in [1.807, 2.05) is 84.9 Å². The summed E-state index contributed by atoms with van der Waals surface area (Å²) in [6.45, 7) is 1.92. The van der Waals surface area contributed by atoms with Gasteiger partial charge in [0.05, 0.1) is 12.7 Å². The Morgan fingerprint density at radius 1 is 0.903 bits per heavy atom. The van der Waals surface area contributed by atoms with Crippen molar-refractivity contribution in [2.24, 2.45) is 0 Å². The van der Waals surface area contributed by atoms with Crippen molar-refractivity contribution in [2.45, 2.75) is 19.6 Å². The fourth-order valence-corrected chi connectivity index (χ4v) is 3.03. The number of nitrogens with one attached hydrogen (secondary N) is 1. The van der Waals surface area contributed by atoms with Gasteiger partial charge >= 0.3 is 5.97 Å². The molecule has 5 heteroatoms. The highest BCUT2D eigenvalue weighted by molar-refractivity contribution is 6.22. The SMILES string of the molecule is COc1ccccc1/C=C(/C(=O)O[C@@H](C)C(=O)NCc1ccccc1)c1ccccc1. The maximum Gasteiger partial charge on any atom is 0.339 e. The van der Waals surface area contributed by atoms with Crippen molar-refractivity contribution < 1.29 is 19.1 Å². The first-order valence-electron chi connectivity index (χ1n) is 10.0. The van der Waals surface area contributed by atoms with E-state index in [0.717, 1.165) is 11.1 Å². The Kier molecular flexibility index (Phi) is 7.60. The average Bonchev–Trinajstić information content (AvgIpc) is 2.82. The van der Waals surface area contributed by atoms with Crippen molar-refractivity contribution in [1.29, 1.82) is 0 Å². The van der Waals surface area contributed by atoms with Crippen LogP contribution in [0.5, 0.6) is 5.75 Å². The van der Waals surface area contributed by atoms with Crippen LogP contribution in [0.1, 0.15) is 23.6 Å². The first kappa shape index (κ1) is 21.8. The number of para-hydroxylation sites is 1. The molecular weight excluding hydrogens is 390 g/mol. The van der Waals surface area contributed by atoms with Crippen molar-refractivity contribution >= 4 is 23.5 Å². The summed E-state index contributed by atoms with van der Waals surface area (Å²) in [5.41, 5.74) is 2.74. The normalized spacial score (nSPS) is 12.0. The van der Waals surface area contributed by atoms with Gasteiger partial charge in [-0.25, -0.2) is 4.79 Å². The van der Waals surface area contributed by atoms with Gasteiger partial charge in [0.1, 0.15) is 5.75 Å². The number of amides is 1. The molecule has 0 radical (unpaired) electrons. The van der Waals surface area contributed by atoms with E-state index < -0.39 is 12.1 Å². The summed E-state index contributed by atoms with van der Waals surface area (Å²) in [5.74, 6) is -0.307. The van der Waals surface area contributed by atoms with Crippen LogP contribution < -0.4 is 10.1 Å². The predicted octanol–water partition coefficient (Wildman–Crippen LogP) is 4.48. The van der Waals surface area contributed by atoms with Crippen molar-refractivity contribution in [2.75, 3.05) is 7.11 Å². The summed E-state index contributed by atoms with van der Waals surface area (Å²) in [4.78, 5) is 25.5. The lowest BCUT2D eigenvalue weighted by atomic mass is 10.0. The number of methoxy groups -OCH3 is 1. The van der Waals surface area contributed by atoms with Gasteiger partial charge in [-0.1, -0.05) is 78.9 Å². The Hall–Kier alpha value is -3.86. The first-order valence-corrected chi connectivity index (χ1v) is 10.0. The zero-order valence-corrected chi connectivity index (χ0v) is 17.6. The fourth-order valence-electron chi connectivity index (χ4n) is 3.03. The van der Waals surface area contributed by atoms with Gasteiger partial charge in [-0.15, -0.1) is 0 Å². The minimum atomic E-state index is -0.944. The highest BCUT2D eigenvalue weighted by Crippen LogP contribution is 2.25. The number of carbonyl (C=O) groups is 2. The summed E-state index contributed by atoms with van der Waals surface area (Å²) in [5, 5.41) is 2.80. The standard InChI is InChI=1S/C26H25NO4/c1-19(25(28)27-18-20-11-5-3-6-12-20)31-26(29)23(21-13-7-4-8-14-21)17-22-15-9-10-16-24(22)30-2/h3-17,19H,18H2,1-2H3,(H,27,28)/b23-17+/t19-/m0/s1. The zero-order valence-electron chi connectivity index (χ0n) is 17.6. The Labute approximate surface area is 182 Å². The van der Waals surface area contributed by atoms with Crippen LogP contribution in [0.2, 0.25) is 0 Å². The number of esters is 1. The molecule has 5 nitrogen and oxygen atoms in total. The highest BCUT2D eigenvalue weighted by Gasteiger charge is 2.21. The van der Waals surface area contributed by atoms with E-state index in [0.29, 0.717) is 23.4 Å². The molecule has 0 fully saturated rings. The van der Waals surface area contributed by atoms with Gasteiger partial charge in [-0.3, -0.25) is 4.79 Å². The molecule has 3 aromatic rings. The molecule has 0 aliphatic rings. The molecule has 3 aromatic carbocycles. The molecule has 158 valence electrons. The topological polar surface area (TPSA) is 64.6 Å². The van der Waals surface area contributed by atoms with Gasteiger partial charge in [0.15, 0.2) is 6.10 Å². The van der Waals surface area contributed by atoms with Crippen molar-refractivity contribution in [3.8, 4) is 5.75 Å². The molecule has 0 saturated heterocycles. The molecule has 0 spiro atoms. The smallest absolute Gasteiger partial charge is 0.339 e. The number of hydrogen-bond acceptors (Lipinski definition) is 4. The van der Waals surface area contributed by atoms with Gasteiger partial charge in [-0.2, -0.15) is 0 Å². The summed E-state index contributed by atoms with van der Waals surface area (Å²) in [6, 6.07) is 26.1. The van der Waals surface area contributed by atoms with Crippen molar-refractivity contribution in [3.05, 3.63) is 102 Å². The van der Waals surface area contributed by atoms with Gasteiger partial charge < -0.3 is 14.8 Å². The van der Waals surface area contributed by atoms with Crippen LogP contribution in [-0.4, -0.2) is 25.1 Å². The highest BCUT2D eigenvalue weighted by atomic mass is 16.5. The van der Waals surface area contributed by atoms with Crippen LogP contribution >= 0.6 is 0 Å². The maximum absolute atomic E-state index is 13.0. The Morgan fingerprint density at radius 2 is 1.52 bits per heavy atom. The maximum atomic E-state index is 13.0. The predicted molar refractivity (Wildman–Crippen MR) is 121 cm³/mol. The molecule has 0 heterocycles. The molecule has 0 aliphatic carbocycles. The Balaban J connectivity index is 1.77. The van der Waals surface area contributed by atoms with E-state index in [-0.39, 0.29) is 5.91 Å². The average molecular weight is 415 g/mol. The molecule has 0 unspecified atom stereocenters. The van der Waals surface area contributed by atoms with E-state index >= 15 is 0 Å². The lowest BCUT2D eigenvalue weighted by Crippen LogP contribution is -2.35. The van der Waals surface area contributed by atoms with Crippen molar-refractivity contribution in [1.82, 2.24) is 5.32 Å². The van der Waals surface area contributed by atoms with Gasteiger partial charge in [0.25, 0.3) is 5.91 Å². The minimum Gasteiger partial charge on any atom is -0.496 e. The van der Waals surface area contributed by atoms with Crippen LogP contribution in [0.4, 0.5) is 0 Å². The third-order valence-electron chi connectivity index (χ3n) is 4.71. The van der Waals surface area contributed by atoms with Crippen LogP contribution in [0.25, 0.3) is 11.6 Å². The molecule has 1 N–H and O–H groups in total. The third-order valence-corrected chi connectivity index (χ3v) is 4.71. The van der Waals surface area contributed by atoms with Crippen LogP contribution in [0.3, 0.4) is 0 Å². The Morgan fingerprint density at radius 3 is 2.19 bits per heavy atom. The zero-order chi connectivity index (χ0) is 22.1. The van der Waals surface area contributed by atoms with Gasteiger partial charge in [-0.05, 0) is 30.2 Å². The quantitative estimate of drug-likeness (QED) is 0.335. The lowest BCUT2D eigenvalue weighted by molar-refractivity contribution is -0.149. The molecule has 1 atom stereocenters. The number of carbonyl (C=O) groups excluding carboxylic acids is 2. The number of benzene rings is 3. The van der Waals surface area contributed by atoms with E-state index in [2.05, 4.69) is 5.32 Å². The summed E-state index contributed by atoms with van der Waals surface area (Å²) in [6.07, 6.45) is 0.770. The Bertz CT molecular complexity index is 1050. The molecule has 0 aromatic heterocycles. The second kappa shape index (κ2) is 10.8. The van der Waals surface area contributed by atoms with E-state index in [1.54, 1.807) is 20.1 Å². The van der Waals surface area contributed by atoms with Gasteiger partial charge in [0, 0.05) is 12.1 Å². The minimum absolute atomic E-state index is 0.341. The van der Waals surface area contributed by atoms with Crippen LogP contribution in [0.15, 0.2) is 84.9 Å². The van der Waals surface area contributed by atoms with E-state index in [1.165, 1.54) is 0 Å². The van der Waals surface area contributed by atoms with Gasteiger partial charge in [0.2, 0.25) is 0 Å². The molecule has 1 amide bonds. The molecule has 0 saturated carbocycles. The lowest BCUT2D eigenvalue weighted by Gasteiger charge is -2.16. The largest absolute Gasteiger partial charge is 0.496 e. The molecule has 3 rings (SSSR count). The number of hydrogen-bond donors (Lipinski definition) is 1. The molecular formula is C26H25NO4. The third kappa shape index (κ3) is 6.06. The summed E-state index contributed by atoms with van der Waals surface area (Å²) in [7, 11) is 1.58. The molecule has 0 aliphatic heterocycles. The number of ether oxygens (including phenoxy) is 2. The summed E-state index contributed by atoms with van der Waals surface area (Å²) >= 11 is 0. The van der Waals surface area contributed by atoms with Crippen LogP contribution in [0, 0.1) is 0 Å². The van der Waals surface area contributed by atoms with E-state index in [4.69, 9.17) is 9.47 Å². The number of rotatable bonds is 8. The summed E-state index contributed by atoms with van der Waals surface area (Å²) < 4.78 is 10.9.